The number of carbonyl (C=O) groups is 1. The van der Waals surface area contributed by atoms with Gasteiger partial charge in [-0.3, -0.25) is 4.79 Å². The zero-order valence-corrected chi connectivity index (χ0v) is 8.31. The fraction of sp³-hybridized carbons (Fsp3) is 0.900. The Balaban J connectivity index is 2.08. The van der Waals surface area contributed by atoms with E-state index in [1.54, 1.807) is 0 Å². The van der Waals surface area contributed by atoms with Crippen molar-refractivity contribution in [1.82, 2.24) is 5.32 Å². The molecule has 1 aliphatic rings. The highest BCUT2D eigenvalue weighted by Crippen LogP contribution is 2.44. The van der Waals surface area contributed by atoms with Gasteiger partial charge < -0.3 is 10.4 Å². The number of unbranched alkanes of at least 4 members (excludes halogenated alkanes) is 1. The Bertz CT molecular complexity index is 176. The molecule has 13 heavy (non-hydrogen) atoms. The summed E-state index contributed by atoms with van der Waals surface area (Å²) in [5.41, 5.74) is 0.0435. The van der Waals surface area contributed by atoms with Gasteiger partial charge in [0.15, 0.2) is 0 Å². The third kappa shape index (κ3) is 3.35. The minimum Gasteiger partial charge on any atom is -0.396 e. The number of hydrogen-bond acceptors (Lipinski definition) is 2. The van der Waals surface area contributed by atoms with Crippen LogP contribution in [0.4, 0.5) is 0 Å². The molecule has 0 aromatic rings. The predicted molar refractivity (Wildman–Crippen MR) is 51.3 cm³/mol. The highest BCUT2D eigenvalue weighted by molar-refractivity contribution is 5.75. The highest BCUT2D eigenvalue weighted by atomic mass is 16.3. The zero-order valence-electron chi connectivity index (χ0n) is 8.31. The monoisotopic (exact) mass is 185 g/mol. The largest absolute Gasteiger partial charge is 0.396 e. The maximum absolute atomic E-state index is 11.2. The molecule has 1 amide bonds. The molecule has 0 aliphatic heterocycles. The quantitative estimate of drug-likeness (QED) is 0.650. The van der Waals surface area contributed by atoms with Crippen LogP contribution < -0.4 is 5.32 Å². The molecule has 1 saturated carbocycles. The molecule has 0 aromatic heterocycles. The summed E-state index contributed by atoms with van der Waals surface area (Å²) in [5.74, 6) is 0.126. The SMILES string of the molecule is CCCCC(=O)NCC1(CO)CC1. The van der Waals surface area contributed by atoms with E-state index in [-0.39, 0.29) is 17.9 Å². The second kappa shape index (κ2) is 4.61. The van der Waals surface area contributed by atoms with Gasteiger partial charge in [-0.25, -0.2) is 0 Å². The van der Waals surface area contributed by atoms with Gasteiger partial charge in [0, 0.05) is 18.4 Å². The number of aliphatic hydroxyl groups excluding tert-OH is 1. The first kappa shape index (κ1) is 10.5. The van der Waals surface area contributed by atoms with Gasteiger partial charge in [-0.05, 0) is 19.3 Å². The Kier molecular flexibility index (Phi) is 3.72. The third-order valence-electron chi connectivity index (χ3n) is 2.71. The molecule has 0 unspecified atom stereocenters. The van der Waals surface area contributed by atoms with Gasteiger partial charge in [0.05, 0.1) is 6.61 Å². The second-order valence-corrected chi connectivity index (χ2v) is 4.04. The Morgan fingerprint density at radius 3 is 2.69 bits per heavy atom. The maximum atomic E-state index is 11.2. The van der Waals surface area contributed by atoms with Gasteiger partial charge >= 0.3 is 0 Å². The summed E-state index contributed by atoms with van der Waals surface area (Å²) in [5, 5.41) is 11.9. The van der Waals surface area contributed by atoms with Crippen LogP contribution in [-0.4, -0.2) is 24.2 Å². The predicted octanol–water partition coefficient (Wildman–Crippen LogP) is 1.07. The molecule has 0 radical (unpaired) electrons. The van der Waals surface area contributed by atoms with Crippen LogP contribution in [0.25, 0.3) is 0 Å². The van der Waals surface area contributed by atoms with Gasteiger partial charge in [0.1, 0.15) is 0 Å². The second-order valence-electron chi connectivity index (χ2n) is 4.04. The van der Waals surface area contributed by atoms with Crippen LogP contribution in [0.5, 0.6) is 0 Å². The zero-order chi connectivity index (χ0) is 9.73. The first-order valence-electron chi connectivity index (χ1n) is 5.10. The fourth-order valence-electron chi connectivity index (χ4n) is 1.28. The molecule has 2 N–H and O–H groups in total. The van der Waals surface area contributed by atoms with Crippen molar-refractivity contribution in [2.45, 2.75) is 39.0 Å². The first-order valence-corrected chi connectivity index (χ1v) is 5.10. The molecule has 3 heteroatoms. The van der Waals surface area contributed by atoms with E-state index < -0.39 is 0 Å². The summed E-state index contributed by atoms with van der Waals surface area (Å²) in [4.78, 5) is 11.2. The molecule has 1 aliphatic carbocycles. The van der Waals surface area contributed by atoms with Crippen molar-refractivity contribution in [3.8, 4) is 0 Å². The van der Waals surface area contributed by atoms with Gasteiger partial charge in [-0.15, -0.1) is 0 Å². The minimum absolute atomic E-state index is 0.0435. The summed E-state index contributed by atoms with van der Waals surface area (Å²) in [7, 11) is 0. The lowest BCUT2D eigenvalue weighted by molar-refractivity contribution is -0.121. The number of carbonyl (C=O) groups excluding carboxylic acids is 1. The Labute approximate surface area is 79.5 Å². The average Bonchev–Trinajstić information content (AvgIpc) is 2.92. The topological polar surface area (TPSA) is 49.3 Å². The van der Waals surface area contributed by atoms with Crippen LogP contribution in [-0.2, 0) is 4.79 Å². The van der Waals surface area contributed by atoms with E-state index in [0.29, 0.717) is 13.0 Å². The molecule has 0 spiro atoms. The summed E-state index contributed by atoms with van der Waals surface area (Å²) in [6, 6.07) is 0. The molecule has 0 aromatic carbocycles. The van der Waals surface area contributed by atoms with E-state index in [4.69, 9.17) is 5.11 Å². The Morgan fingerprint density at radius 2 is 2.23 bits per heavy atom. The highest BCUT2D eigenvalue weighted by Gasteiger charge is 2.41. The number of nitrogens with one attached hydrogen (secondary N) is 1. The summed E-state index contributed by atoms with van der Waals surface area (Å²) >= 11 is 0. The normalized spacial score (nSPS) is 18.3. The number of rotatable bonds is 6. The van der Waals surface area contributed by atoms with E-state index in [0.717, 1.165) is 25.7 Å². The third-order valence-corrected chi connectivity index (χ3v) is 2.71. The van der Waals surface area contributed by atoms with Crippen molar-refractivity contribution in [2.24, 2.45) is 5.41 Å². The molecule has 0 saturated heterocycles. The van der Waals surface area contributed by atoms with Crippen molar-refractivity contribution < 1.29 is 9.90 Å². The molecule has 3 nitrogen and oxygen atoms in total. The smallest absolute Gasteiger partial charge is 0.220 e. The molecule has 0 bridgehead atoms. The molecule has 0 heterocycles. The van der Waals surface area contributed by atoms with Crippen molar-refractivity contribution in [3.05, 3.63) is 0 Å². The molecular weight excluding hydrogens is 166 g/mol. The lowest BCUT2D eigenvalue weighted by Crippen LogP contribution is -2.31. The summed E-state index contributed by atoms with van der Waals surface area (Å²) in [6.07, 6.45) is 4.74. The first-order chi connectivity index (χ1) is 6.22. The molecule has 76 valence electrons. The van der Waals surface area contributed by atoms with Gasteiger partial charge in [-0.2, -0.15) is 0 Å². The number of aliphatic hydroxyl groups is 1. The maximum Gasteiger partial charge on any atom is 0.220 e. The summed E-state index contributed by atoms with van der Waals surface area (Å²) < 4.78 is 0. The van der Waals surface area contributed by atoms with E-state index in [1.165, 1.54) is 0 Å². The van der Waals surface area contributed by atoms with E-state index >= 15 is 0 Å². The van der Waals surface area contributed by atoms with E-state index in [1.807, 2.05) is 0 Å². The van der Waals surface area contributed by atoms with E-state index in [9.17, 15) is 4.79 Å². The minimum atomic E-state index is 0.0435. The lowest BCUT2D eigenvalue weighted by Gasteiger charge is -2.12. The fourth-order valence-corrected chi connectivity index (χ4v) is 1.28. The van der Waals surface area contributed by atoms with Crippen LogP contribution in [0.15, 0.2) is 0 Å². The average molecular weight is 185 g/mol. The van der Waals surface area contributed by atoms with Crippen molar-refractivity contribution in [1.29, 1.82) is 0 Å². The standard InChI is InChI=1S/C10H19NO2/c1-2-3-4-9(13)11-7-10(8-12)5-6-10/h12H,2-8H2,1H3,(H,11,13). The van der Waals surface area contributed by atoms with Crippen LogP contribution >= 0.6 is 0 Å². The van der Waals surface area contributed by atoms with Crippen LogP contribution in [0, 0.1) is 5.41 Å². The van der Waals surface area contributed by atoms with Crippen molar-refractivity contribution in [3.63, 3.8) is 0 Å². The molecule has 1 fully saturated rings. The molecule has 1 rings (SSSR count). The number of amides is 1. The van der Waals surface area contributed by atoms with Crippen LogP contribution in [0.3, 0.4) is 0 Å². The van der Waals surface area contributed by atoms with Gasteiger partial charge in [0.25, 0.3) is 0 Å². The lowest BCUT2D eigenvalue weighted by atomic mass is 10.1. The van der Waals surface area contributed by atoms with Gasteiger partial charge in [-0.1, -0.05) is 13.3 Å². The molecule has 0 atom stereocenters. The van der Waals surface area contributed by atoms with Crippen LogP contribution in [0.2, 0.25) is 0 Å². The van der Waals surface area contributed by atoms with Crippen molar-refractivity contribution >= 4 is 5.91 Å². The molecular formula is C10H19NO2. The van der Waals surface area contributed by atoms with E-state index in [2.05, 4.69) is 12.2 Å². The summed E-state index contributed by atoms with van der Waals surface area (Å²) in [6.45, 7) is 2.94. The van der Waals surface area contributed by atoms with Crippen molar-refractivity contribution in [2.75, 3.05) is 13.2 Å². The Hall–Kier alpha value is -0.570. The Morgan fingerprint density at radius 1 is 1.54 bits per heavy atom. The number of hydrogen-bond donors (Lipinski definition) is 2. The van der Waals surface area contributed by atoms with Crippen LogP contribution in [0.1, 0.15) is 39.0 Å². The van der Waals surface area contributed by atoms with Gasteiger partial charge in [0.2, 0.25) is 5.91 Å².